The van der Waals surface area contributed by atoms with Gasteiger partial charge in [-0.05, 0) is 34.2 Å². The van der Waals surface area contributed by atoms with Crippen LogP contribution in [0.2, 0.25) is 5.02 Å². The third-order valence-electron chi connectivity index (χ3n) is 2.05. The summed E-state index contributed by atoms with van der Waals surface area (Å²) in [5.41, 5.74) is 0.261. The number of hydrogen-bond donors (Lipinski definition) is 1. The fraction of sp³-hybridized carbons (Fsp3) is 0.455. The molecule has 0 amide bonds. The third-order valence-corrected chi connectivity index (χ3v) is 4.56. The number of thioether (sulfide) groups is 1. The molecule has 1 unspecified atom stereocenters. The Morgan fingerprint density at radius 2 is 2.25 bits per heavy atom. The van der Waals surface area contributed by atoms with Crippen molar-refractivity contribution in [3.63, 3.8) is 0 Å². The largest absolute Gasteiger partial charge is 0.387 e. The third kappa shape index (κ3) is 3.62. The fourth-order valence-electron chi connectivity index (χ4n) is 1.23. The lowest BCUT2D eigenvalue weighted by molar-refractivity contribution is 0.199. The zero-order valence-corrected chi connectivity index (χ0v) is 12.0. The maximum absolute atomic E-state index is 13.7. The number of benzene rings is 1. The fourth-order valence-corrected chi connectivity index (χ4v) is 2.56. The summed E-state index contributed by atoms with van der Waals surface area (Å²) in [4.78, 5) is 0. The van der Waals surface area contributed by atoms with Crippen molar-refractivity contribution in [1.82, 2.24) is 0 Å². The van der Waals surface area contributed by atoms with Crippen LogP contribution in [0.1, 0.15) is 25.0 Å². The minimum absolute atomic E-state index is 0.0250. The molecule has 1 aromatic rings. The molecule has 0 fully saturated rings. The van der Waals surface area contributed by atoms with Gasteiger partial charge in [0.05, 0.1) is 11.1 Å². The zero-order valence-electron chi connectivity index (χ0n) is 8.84. The summed E-state index contributed by atoms with van der Waals surface area (Å²) in [5.74, 6) is 0.909. The molecular formula is C11H13BrClFOS. The smallest absolute Gasteiger partial charge is 0.148 e. The van der Waals surface area contributed by atoms with Crippen LogP contribution < -0.4 is 0 Å². The van der Waals surface area contributed by atoms with Crippen LogP contribution in [0.3, 0.4) is 0 Å². The maximum Gasteiger partial charge on any atom is 0.148 e. The van der Waals surface area contributed by atoms with Gasteiger partial charge in [0.1, 0.15) is 5.82 Å². The van der Waals surface area contributed by atoms with Crippen molar-refractivity contribution in [2.45, 2.75) is 19.4 Å². The van der Waals surface area contributed by atoms with Gasteiger partial charge in [-0.1, -0.05) is 24.6 Å². The van der Waals surface area contributed by atoms with Gasteiger partial charge in [-0.15, -0.1) is 0 Å². The van der Waals surface area contributed by atoms with E-state index in [1.54, 1.807) is 23.9 Å². The minimum atomic E-state index is -0.804. The Kier molecular flexibility index (Phi) is 6.11. The molecule has 0 aromatic heterocycles. The second kappa shape index (κ2) is 6.84. The number of aliphatic hydroxyl groups excluding tert-OH is 1. The number of halogens is 3. The highest BCUT2D eigenvalue weighted by Gasteiger charge is 2.16. The van der Waals surface area contributed by atoms with Crippen molar-refractivity contribution in [2.24, 2.45) is 0 Å². The Morgan fingerprint density at radius 3 is 2.88 bits per heavy atom. The second-order valence-corrected chi connectivity index (χ2v) is 5.74. The lowest BCUT2D eigenvalue weighted by atomic mass is 10.1. The summed E-state index contributed by atoms with van der Waals surface area (Å²) in [6.07, 6.45) is 0.239. The van der Waals surface area contributed by atoms with Gasteiger partial charge >= 0.3 is 0 Å². The minimum Gasteiger partial charge on any atom is -0.387 e. The van der Waals surface area contributed by atoms with E-state index in [9.17, 15) is 9.50 Å². The molecule has 1 aromatic carbocycles. The monoisotopic (exact) mass is 326 g/mol. The Morgan fingerprint density at radius 1 is 1.56 bits per heavy atom. The lowest BCUT2D eigenvalue weighted by Gasteiger charge is -2.12. The molecule has 0 radical (unpaired) electrons. The summed E-state index contributed by atoms with van der Waals surface area (Å²) in [5, 5.41) is 9.83. The molecule has 5 heteroatoms. The van der Waals surface area contributed by atoms with Crippen LogP contribution in [0.4, 0.5) is 4.39 Å². The molecule has 0 saturated carbocycles. The van der Waals surface area contributed by atoms with Crippen LogP contribution in [0.15, 0.2) is 16.6 Å². The van der Waals surface area contributed by atoms with E-state index in [1.807, 2.05) is 0 Å². The number of rotatable bonds is 5. The van der Waals surface area contributed by atoms with Crippen LogP contribution in [0.25, 0.3) is 0 Å². The normalized spacial score (nSPS) is 12.8. The first-order chi connectivity index (χ1) is 7.57. The molecule has 0 aliphatic rings. The molecule has 1 atom stereocenters. The molecule has 0 aliphatic carbocycles. The quantitative estimate of drug-likeness (QED) is 0.638. The molecular weight excluding hydrogens is 315 g/mol. The van der Waals surface area contributed by atoms with Crippen molar-refractivity contribution in [3.05, 3.63) is 33.0 Å². The molecule has 0 saturated heterocycles. The Hall–Kier alpha value is 0.230. The standard InChI is InChI=1S/C11H13BrClFOS/c1-2-5-16-6-9(15)7-3-4-8(12)10(13)11(7)14/h3-4,9,15H,2,5-6H2,1H3. The summed E-state index contributed by atoms with van der Waals surface area (Å²) < 4.78 is 14.2. The van der Waals surface area contributed by atoms with Crippen molar-refractivity contribution in [2.75, 3.05) is 11.5 Å². The van der Waals surface area contributed by atoms with E-state index in [1.165, 1.54) is 0 Å². The van der Waals surface area contributed by atoms with Gasteiger partial charge in [-0.25, -0.2) is 4.39 Å². The van der Waals surface area contributed by atoms with E-state index in [2.05, 4.69) is 22.9 Å². The molecule has 0 heterocycles. The lowest BCUT2D eigenvalue weighted by Crippen LogP contribution is -2.04. The van der Waals surface area contributed by atoms with Gasteiger partial charge in [-0.2, -0.15) is 11.8 Å². The Bertz CT molecular complexity index is 362. The van der Waals surface area contributed by atoms with Crippen LogP contribution in [-0.4, -0.2) is 16.6 Å². The van der Waals surface area contributed by atoms with Gasteiger partial charge in [0.15, 0.2) is 0 Å². The van der Waals surface area contributed by atoms with Crippen LogP contribution >= 0.6 is 39.3 Å². The predicted molar refractivity (Wildman–Crippen MR) is 71.7 cm³/mol. The Labute approximate surface area is 113 Å². The highest BCUT2D eigenvalue weighted by molar-refractivity contribution is 9.10. The highest BCUT2D eigenvalue weighted by atomic mass is 79.9. The van der Waals surface area contributed by atoms with Crippen LogP contribution in [0, 0.1) is 5.82 Å². The van der Waals surface area contributed by atoms with Crippen LogP contribution in [0.5, 0.6) is 0 Å². The van der Waals surface area contributed by atoms with Gasteiger partial charge in [0.2, 0.25) is 0 Å². The predicted octanol–water partition coefficient (Wildman–Crippen LogP) is 4.42. The van der Waals surface area contributed by atoms with Crippen molar-refractivity contribution < 1.29 is 9.50 Å². The zero-order chi connectivity index (χ0) is 12.1. The molecule has 1 nitrogen and oxygen atoms in total. The average molecular weight is 328 g/mol. The maximum atomic E-state index is 13.7. The van der Waals surface area contributed by atoms with Gasteiger partial charge < -0.3 is 5.11 Å². The van der Waals surface area contributed by atoms with E-state index in [0.29, 0.717) is 10.2 Å². The summed E-state index contributed by atoms with van der Waals surface area (Å²) >= 11 is 10.5. The Balaban J connectivity index is 2.76. The van der Waals surface area contributed by atoms with Gasteiger partial charge in [-0.3, -0.25) is 0 Å². The topological polar surface area (TPSA) is 20.2 Å². The SMILES string of the molecule is CCCSCC(O)c1ccc(Br)c(Cl)c1F. The first kappa shape index (κ1) is 14.3. The summed E-state index contributed by atoms with van der Waals surface area (Å²) in [6.45, 7) is 2.07. The van der Waals surface area contributed by atoms with E-state index >= 15 is 0 Å². The van der Waals surface area contributed by atoms with E-state index in [-0.39, 0.29) is 10.6 Å². The first-order valence-electron chi connectivity index (χ1n) is 4.97. The first-order valence-corrected chi connectivity index (χ1v) is 7.29. The molecule has 0 spiro atoms. The molecule has 1 rings (SSSR count). The van der Waals surface area contributed by atoms with E-state index in [0.717, 1.165) is 12.2 Å². The molecule has 16 heavy (non-hydrogen) atoms. The molecule has 90 valence electrons. The van der Waals surface area contributed by atoms with Gasteiger partial charge in [0.25, 0.3) is 0 Å². The number of aliphatic hydroxyl groups is 1. The highest BCUT2D eigenvalue weighted by Crippen LogP contribution is 2.31. The average Bonchev–Trinajstić information content (AvgIpc) is 2.26. The second-order valence-electron chi connectivity index (χ2n) is 3.36. The molecule has 1 N–H and O–H groups in total. The summed E-state index contributed by atoms with van der Waals surface area (Å²) in [7, 11) is 0. The van der Waals surface area contributed by atoms with Crippen molar-refractivity contribution >= 4 is 39.3 Å². The van der Waals surface area contributed by atoms with E-state index in [4.69, 9.17) is 11.6 Å². The van der Waals surface area contributed by atoms with E-state index < -0.39 is 11.9 Å². The molecule has 0 bridgehead atoms. The summed E-state index contributed by atoms with van der Waals surface area (Å²) in [6, 6.07) is 3.21. The molecule has 0 aliphatic heterocycles. The van der Waals surface area contributed by atoms with Crippen molar-refractivity contribution in [3.8, 4) is 0 Å². The van der Waals surface area contributed by atoms with Crippen LogP contribution in [-0.2, 0) is 0 Å². The van der Waals surface area contributed by atoms with Gasteiger partial charge in [0, 0.05) is 15.8 Å². The number of hydrogen-bond acceptors (Lipinski definition) is 2. The van der Waals surface area contributed by atoms with Crippen molar-refractivity contribution in [1.29, 1.82) is 0 Å².